The molecule has 0 aromatic heterocycles. The van der Waals surface area contributed by atoms with Crippen LogP contribution in [0.4, 0.5) is 0 Å². The molecule has 18 N–H and O–H groups in total. The van der Waals surface area contributed by atoms with E-state index in [-0.39, 0.29) is 77.2 Å². The fourth-order valence-corrected chi connectivity index (χ4v) is 11.0. The van der Waals surface area contributed by atoms with Gasteiger partial charge >= 0.3 is 11.9 Å². The number of likely N-dealkylation sites (tertiary alicyclic amines) is 3. The first-order chi connectivity index (χ1) is 43.1. The van der Waals surface area contributed by atoms with Crippen LogP contribution in [0.25, 0.3) is 0 Å². The monoisotopic (exact) mass is 1280 g/mol. The second-order valence-corrected chi connectivity index (χ2v) is 23.4. The number of aliphatic carboxylic acids is 2. The number of carboxylic acids is 2. The molecule has 1 aromatic carbocycles. The van der Waals surface area contributed by atoms with Gasteiger partial charge in [-0.2, -0.15) is 0 Å². The molecule has 0 radical (unpaired) electrons. The van der Waals surface area contributed by atoms with E-state index in [0.29, 0.717) is 32.1 Å². The number of aliphatic hydroxyl groups is 2. The zero-order valence-corrected chi connectivity index (χ0v) is 52.5. The van der Waals surface area contributed by atoms with Gasteiger partial charge in [0, 0.05) is 39.0 Å². The van der Waals surface area contributed by atoms with E-state index in [4.69, 9.17) is 17.2 Å². The van der Waals surface area contributed by atoms with Crippen molar-refractivity contribution in [2.45, 2.75) is 198 Å². The molecule has 3 heterocycles. The van der Waals surface area contributed by atoms with Gasteiger partial charge in [-0.3, -0.25) is 62.5 Å². The number of aliphatic hydroxyl groups excluding tert-OH is 2. The molecule has 0 unspecified atom stereocenters. The first-order valence-corrected chi connectivity index (χ1v) is 30.9. The predicted octanol–water partition coefficient (Wildman–Crippen LogP) is -4.47. The number of amides is 11. The van der Waals surface area contributed by atoms with Gasteiger partial charge in [-0.1, -0.05) is 70.9 Å². The number of hydrogen-bond donors (Lipinski definition) is 15. The van der Waals surface area contributed by atoms with Crippen LogP contribution in [0.5, 0.6) is 0 Å². The van der Waals surface area contributed by atoms with Gasteiger partial charge in [-0.15, -0.1) is 0 Å². The molecule has 0 spiro atoms. The number of carboxylic acid groups (broad SMARTS) is 2. The van der Waals surface area contributed by atoms with Gasteiger partial charge < -0.3 is 94.9 Å². The number of guanidine groups is 1. The van der Waals surface area contributed by atoms with Crippen molar-refractivity contribution in [3.8, 4) is 0 Å². The molecule has 3 fully saturated rings. The largest absolute Gasteiger partial charge is 0.481 e. The van der Waals surface area contributed by atoms with Gasteiger partial charge in [-0.25, -0.2) is 4.79 Å². The van der Waals surface area contributed by atoms with E-state index in [1.807, 2.05) is 0 Å². The first-order valence-electron chi connectivity index (χ1n) is 30.9. The smallest absolute Gasteiger partial charge is 0.326 e. The van der Waals surface area contributed by atoms with Crippen molar-refractivity contribution < 1.29 is 82.8 Å². The molecule has 3 aliphatic heterocycles. The molecular formula is C59H93N15O17. The summed E-state index contributed by atoms with van der Waals surface area (Å²) in [5.41, 5.74) is 17.4. The zero-order valence-electron chi connectivity index (χ0n) is 52.5. The zero-order chi connectivity index (χ0) is 67.8. The summed E-state index contributed by atoms with van der Waals surface area (Å²) in [7, 11) is 0. The lowest BCUT2D eigenvalue weighted by molar-refractivity contribution is -0.149. The van der Waals surface area contributed by atoms with Crippen molar-refractivity contribution in [1.82, 2.24) is 57.2 Å². The van der Waals surface area contributed by atoms with Gasteiger partial charge in [0.25, 0.3) is 0 Å². The van der Waals surface area contributed by atoms with E-state index in [2.05, 4.69) is 47.5 Å². The number of nitrogens with one attached hydrogen (secondary N) is 8. The molecule has 1 aromatic rings. The second-order valence-electron chi connectivity index (χ2n) is 23.4. The molecular weight excluding hydrogens is 1190 g/mol. The van der Waals surface area contributed by atoms with Crippen molar-refractivity contribution in [1.29, 1.82) is 0 Å². The quantitative estimate of drug-likeness (QED) is 0.0173. The summed E-state index contributed by atoms with van der Waals surface area (Å²) in [6, 6.07) is -6.05. The third-order valence-corrected chi connectivity index (χ3v) is 16.6. The lowest BCUT2D eigenvalue weighted by atomic mass is 9.96. The Morgan fingerprint density at radius 3 is 1.63 bits per heavy atom. The number of aliphatic imine (C=N–C) groups is 1. The van der Waals surface area contributed by atoms with Gasteiger partial charge in [0.1, 0.15) is 66.5 Å². The van der Waals surface area contributed by atoms with Crippen LogP contribution in [0.1, 0.15) is 124 Å². The Bertz CT molecular complexity index is 2770. The minimum absolute atomic E-state index is 0.00373. The third-order valence-electron chi connectivity index (χ3n) is 16.6. The number of nitrogens with two attached hydrogens (primary N) is 3. The fraction of sp³-hybridized carbons (Fsp3) is 0.661. The summed E-state index contributed by atoms with van der Waals surface area (Å²) >= 11 is 0. The number of nitrogens with zero attached hydrogens (tertiary/aromatic N) is 4. The summed E-state index contributed by atoms with van der Waals surface area (Å²) < 4.78 is 0. The van der Waals surface area contributed by atoms with Crippen molar-refractivity contribution >= 4 is 82.9 Å². The Labute approximate surface area is 528 Å². The number of benzene rings is 1. The number of hydrogen-bond acceptors (Lipinski definition) is 17. The van der Waals surface area contributed by atoms with Gasteiger partial charge in [0.05, 0.1) is 19.3 Å². The Hall–Kier alpha value is -8.52. The normalized spacial score (nSPS) is 19.8. The van der Waals surface area contributed by atoms with E-state index >= 15 is 0 Å². The van der Waals surface area contributed by atoms with Crippen LogP contribution in [0.15, 0.2) is 35.3 Å². The summed E-state index contributed by atoms with van der Waals surface area (Å²) in [5, 5.41) is 60.4. The lowest BCUT2D eigenvalue weighted by Gasteiger charge is -2.34. The van der Waals surface area contributed by atoms with Crippen LogP contribution in [0.3, 0.4) is 0 Å². The maximum atomic E-state index is 14.5. The van der Waals surface area contributed by atoms with E-state index in [1.165, 1.54) is 28.5 Å². The van der Waals surface area contributed by atoms with Gasteiger partial charge in [0.2, 0.25) is 65.0 Å². The SMILES string of the molecule is CC[C@H](C)[C@H](NC(=O)[C@H](CCC(=O)O)NC(=O)[C@H](C)NC(=O)[C@H](CO)NC(=O)[C@@H]1CCCN1C(=O)[C@@H]1CCCN1C(=O)[C@@H](NC(=O)[C@@H](NC(=O)[C@H](CCCN=C(N)N)NC(=O)[C@@H]1CCCN1C(=O)[C@H](Cc1ccccc1)NC(=O)CN)[C@@H](C)CC)[C@@H](C)O)C(=O)O. The standard InChI is InChI=1S/C59H93N15O17/c1-7-31(3)45(69-49(81)36(18-12-24-63-59(61)62)67-52(84)40-19-13-25-72(40)55(87)38(65-43(77)29-60)28-35-16-10-9-11-17-35)54(86)71-47(34(6)76)57(89)74-27-15-21-42(74)56(88)73-26-14-20-41(73)53(85)68-39(30-75)51(83)64-33(5)48(80)66-37(22-23-44(78)79)50(82)70-46(58(90)91)32(4)8-2/h9-11,16-17,31-34,36-42,45-47,75-76H,7-8,12-15,18-30,60H2,1-6H3,(H,64,83)(H,65,77)(H,66,80)(H,67,84)(H,68,85)(H,69,81)(H,70,82)(H,71,86)(H,78,79)(H,90,91)(H4,61,62,63)/t31-,32-,33-,34+,36-,37-,38-,39-,40-,41-,42-,45-,46-,47-/m0/s1. The molecule has 3 aliphatic rings. The third kappa shape index (κ3) is 21.9. The van der Waals surface area contributed by atoms with E-state index < -0.39 is 181 Å². The lowest BCUT2D eigenvalue weighted by Crippen LogP contribution is -2.62. The summed E-state index contributed by atoms with van der Waals surface area (Å²) in [6.45, 7) is 8.00. The average molecular weight is 1280 g/mol. The molecule has 0 saturated carbocycles. The van der Waals surface area contributed by atoms with Crippen LogP contribution in [-0.4, -0.2) is 230 Å². The highest BCUT2D eigenvalue weighted by molar-refractivity contribution is 6.00. The summed E-state index contributed by atoms with van der Waals surface area (Å²) in [4.78, 5) is 184. The molecule has 91 heavy (non-hydrogen) atoms. The Morgan fingerprint density at radius 2 is 1.09 bits per heavy atom. The maximum absolute atomic E-state index is 14.5. The van der Waals surface area contributed by atoms with Crippen molar-refractivity contribution in [3.63, 3.8) is 0 Å². The topological polar surface area (TPSA) is 499 Å². The van der Waals surface area contributed by atoms with Crippen molar-refractivity contribution in [2.75, 3.05) is 39.3 Å². The summed E-state index contributed by atoms with van der Waals surface area (Å²) in [5.74, 6) is -13.0. The molecule has 11 amide bonds. The second kappa shape index (κ2) is 36.4. The first kappa shape index (κ1) is 74.9. The highest BCUT2D eigenvalue weighted by Gasteiger charge is 2.46. The fourth-order valence-electron chi connectivity index (χ4n) is 11.0. The Kier molecular flexibility index (Phi) is 29.9. The highest BCUT2D eigenvalue weighted by atomic mass is 16.4. The molecule has 4 rings (SSSR count). The minimum atomic E-state index is -1.69. The van der Waals surface area contributed by atoms with Gasteiger partial charge in [0.15, 0.2) is 5.96 Å². The molecule has 32 heteroatoms. The highest BCUT2D eigenvalue weighted by Crippen LogP contribution is 2.27. The van der Waals surface area contributed by atoms with Crippen LogP contribution < -0.4 is 59.7 Å². The van der Waals surface area contributed by atoms with Crippen LogP contribution in [0, 0.1) is 11.8 Å². The maximum Gasteiger partial charge on any atom is 0.326 e. The van der Waals surface area contributed by atoms with Crippen molar-refractivity contribution in [2.24, 2.45) is 34.0 Å². The van der Waals surface area contributed by atoms with Crippen LogP contribution >= 0.6 is 0 Å². The van der Waals surface area contributed by atoms with Gasteiger partial charge in [-0.05, 0) is 89.0 Å². The molecule has 14 atom stereocenters. The van der Waals surface area contributed by atoms with E-state index in [9.17, 15) is 82.8 Å². The van der Waals surface area contributed by atoms with Crippen LogP contribution in [-0.2, 0) is 68.7 Å². The number of carbonyl (C=O) groups is 13. The summed E-state index contributed by atoms with van der Waals surface area (Å²) in [6.07, 6.45) is -0.265. The molecule has 32 nitrogen and oxygen atoms in total. The van der Waals surface area contributed by atoms with Crippen LogP contribution in [0.2, 0.25) is 0 Å². The van der Waals surface area contributed by atoms with Crippen molar-refractivity contribution in [3.05, 3.63) is 35.9 Å². The number of rotatable bonds is 35. The molecule has 3 saturated heterocycles. The molecule has 506 valence electrons. The Balaban J connectivity index is 1.46. The average Bonchev–Trinajstić information content (AvgIpc) is 1.82. The number of carbonyl (C=O) groups excluding carboxylic acids is 11. The Morgan fingerprint density at radius 1 is 0.582 bits per heavy atom. The van der Waals surface area contributed by atoms with E-state index in [0.717, 1.165) is 5.56 Å². The minimum Gasteiger partial charge on any atom is -0.481 e. The predicted molar refractivity (Wildman–Crippen MR) is 327 cm³/mol. The molecule has 0 aliphatic carbocycles. The van der Waals surface area contributed by atoms with E-state index in [1.54, 1.807) is 58.0 Å². The molecule has 0 bridgehead atoms.